The van der Waals surface area contributed by atoms with Crippen LogP contribution in [0.2, 0.25) is 0 Å². The third-order valence-electron chi connectivity index (χ3n) is 5.43. The monoisotopic (exact) mass is 394 g/mol. The number of rotatable bonds is 2. The normalized spacial score (nSPS) is 17.0. The number of aromatic hydroxyl groups is 1. The highest BCUT2D eigenvalue weighted by Crippen LogP contribution is 2.48. The molecule has 0 saturated heterocycles. The summed E-state index contributed by atoms with van der Waals surface area (Å²) in [5, 5.41) is 11.0. The summed E-state index contributed by atoms with van der Waals surface area (Å²) in [7, 11) is 1.55. The number of fused-ring (bicyclic) bond motifs is 1. The first-order valence-electron chi connectivity index (χ1n) is 9.82. The number of phenolic OH excluding ortho intramolecular Hbond substituents is 1. The predicted molar refractivity (Wildman–Crippen MR) is 115 cm³/mol. The van der Waals surface area contributed by atoms with Crippen molar-refractivity contribution in [3.8, 4) is 17.2 Å². The first kappa shape index (κ1) is 21.0. The maximum Gasteiger partial charge on any atom is 0.339 e. The fourth-order valence-electron chi connectivity index (χ4n) is 3.84. The van der Waals surface area contributed by atoms with Gasteiger partial charge >= 0.3 is 5.97 Å². The Labute approximate surface area is 173 Å². The number of carbonyl (C=O) groups excluding carboxylic acids is 1. The van der Waals surface area contributed by atoms with E-state index in [1.54, 1.807) is 13.2 Å². The van der Waals surface area contributed by atoms with Crippen LogP contribution in [0.15, 0.2) is 42.5 Å². The van der Waals surface area contributed by atoms with Gasteiger partial charge in [-0.25, -0.2) is 4.79 Å². The Kier molecular flexibility index (Phi) is 5.02. The van der Waals surface area contributed by atoms with Crippen LogP contribution in [0.4, 0.5) is 0 Å². The lowest BCUT2D eigenvalue weighted by atomic mass is 9.74. The van der Waals surface area contributed by atoms with Crippen molar-refractivity contribution >= 4 is 5.97 Å². The number of ether oxygens (including phenoxy) is 2. The molecule has 0 bridgehead atoms. The molecule has 0 unspecified atom stereocenters. The second-order valence-electron chi connectivity index (χ2n) is 9.69. The number of methoxy groups -OCH3 is 1. The Bertz CT molecular complexity index is 952. The van der Waals surface area contributed by atoms with E-state index < -0.39 is 5.97 Å². The van der Waals surface area contributed by atoms with E-state index in [0.717, 1.165) is 22.3 Å². The number of hydrogen-bond donors (Lipinski definition) is 1. The molecule has 0 amide bonds. The van der Waals surface area contributed by atoms with Gasteiger partial charge < -0.3 is 14.6 Å². The van der Waals surface area contributed by atoms with E-state index in [-0.39, 0.29) is 16.7 Å². The summed E-state index contributed by atoms with van der Waals surface area (Å²) in [4.78, 5) is 12.6. The first-order valence-corrected chi connectivity index (χ1v) is 9.82. The average molecular weight is 395 g/mol. The van der Waals surface area contributed by atoms with Crippen LogP contribution in [0.3, 0.4) is 0 Å². The second-order valence-corrected chi connectivity index (χ2v) is 9.69. The van der Waals surface area contributed by atoms with Crippen LogP contribution in [0, 0.1) is 0 Å². The molecule has 0 radical (unpaired) electrons. The van der Waals surface area contributed by atoms with Crippen molar-refractivity contribution in [3.05, 3.63) is 64.7 Å². The van der Waals surface area contributed by atoms with Gasteiger partial charge in [0.1, 0.15) is 5.75 Å². The Morgan fingerprint density at radius 2 is 1.59 bits per heavy atom. The SMILES string of the molecule is C=C1C(=O)Oc2c(OC)cccc2[C@@H]1c1cc(C(C)(C)C)c(O)c(C(C)(C)C)c1. The van der Waals surface area contributed by atoms with Crippen LogP contribution in [0.5, 0.6) is 17.2 Å². The standard InChI is InChI=1S/C25H30O4/c1-14-20(16-10-9-11-19(28-8)22(16)29-23(14)27)15-12-17(24(2,3)4)21(26)18(13-15)25(5,6)7/h9-13,20,26H,1H2,2-8H3/t20-/m0/s1. The summed E-state index contributed by atoms with van der Waals surface area (Å²) >= 11 is 0. The number of phenols is 1. The molecule has 1 N–H and O–H groups in total. The van der Waals surface area contributed by atoms with Crippen molar-refractivity contribution in [2.45, 2.75) is 58.3 Å². The highest BCUT2D eigenvalue weighted by Gasteiger charge is 2.36. The first-order chi connectivity index (χ1) is 13.4. The van der Waals surface area contributed by atoms with Crippen LogP contribution in [-0.2, 0) is 15.6 Å². The van der Waals surface area contributed by atoms with Gasteiger partial charge in [-0.3, -0.25) is 0 Å². The van der Waals surface area contributed by atoms with E-state index in [9.17, 15) is 9.90 Å². The van der Waals surface area contributed by atoms with Crippen molar-refractivity contribution in [1.82, 2.24) is 0 Å². The van der Waals surface area contributed by atoms with E-state index in [4.69, 9.17) is 9.47 Å². The van der Waals surface area contributed by atoms with Gasteiger partial charge in [0.2, 0.25) is 0 Å². The van der Waals surface area contributed by atoms with Gasteiger partial charge in [0.25, 0.3) is 0 Å². The largest absolute Gasteiger partial charge is 0.507 e. The quantitative estimate of drug-likeness (QED) is 0.409. The van der Waals surface area contributed by atoms with Crippen molar-refractivity contribution < 1.29 is 19.4 Å². The lowest BCUT2D eigenvalue weighted by molar-refractivity contribution is -0.131. The maximum absolute atomic E-state index is 12.6. The molecule has 1 aliphatic rings. The molecule has 29 heavy (non-hydrogen) atoms. The van der Waals surface area contributed by atoms with Crippen molar-refractivity contribution in [2.24, 2.45) is 0 Å². The number of esters is 1. The zero-order valence-corrected chi connectivity index (χ0v) is 18.3. The molecule has 0 saturated carbocycles. The van der Waals surface area contributed by atoms with Crippen LogP contribution >= 0.6 is 0 Å². The number of benzene rings is 2. The third-order valence-corrected chi connectivity index (χ3v) is 5.43. The lowest BCUT2D eigenvalue weighted by Crippen LogP contribution is -2.25. The minimum atomic E-state index is -0.463. The third kappa shape index (κ3) is 3.64. The zero-order chi connectivity index (χ0) is 21.7. The lowest BCUT2D eigenvalue weighted by Gasteiger charge is -2.32. The van der Waals surface area contributed by atoms with E-state index in [1.807, 2.05) is 24.3 Å². The molecule has 1 aliphatic heterocycles. The predicted octanol–water partition coefficient (Wildman–Crippen LogP) is 5.60. The minimum Gasteiger partial charge on any atom is -0.507 e. The summed E-state index contributed by atoms with van der Waals surface area (Å²) < 4.78 is 10.9. The highest BCUT2D eigenvalue weighted by atomic mass is 16.6. The summed E-state index contributed by atoms with van der Waals surface area (Å²) in [6, 6.07) is 9.56. The molecular weight excluding hydrogens is 364 g/mol. The Balaban J connectivity index is 2.34. The smallest absolute Gasteiger partial charge is 0.339 e. The molecule has 154 valence electrons. The molecule has 0 fully saturated rings. The summed E-state index contributed by atoms with van der Waals surface area (Å²) in [6.07, 6.45) is 0. The van der Waals surface area contributed by atoms with Crippen LogP contribution in [0.1, 0.15) is 69.7 Å². The van der Waals surface area contributed by atoms with Crippen LogP contribution in [-0.4, -0.2) is 18.2 Å². The number of carbonyl (C=O) groups is 1. The van der Waals surface area contributed by atoms with Gasteiger partial charge in [-0.15, -0.1) is 0 Å². The molecule has 4 nitrogen and oxygen atoms in total. The van der Waals surface area contributed by atoms with Gasteiger partial charge in [-0.05, 0) is 33.6 Å². The zero-order valence-electron chi connectivity index (χ0n) is 18.3. The van der Waals surface area contributed by atoms with E-state index in [2.05, 4.69) is 48.1 Å². The molecule has 2 aromatic carbocycles. The highest BCUT2D eigenvalue weighted by molar-refractivity contribution is 5.95. The molecule has 3 rings (SSSR count). The van der Waals surface area contributed by atoms with Crippen molar-refractivity contribution in [3.63, 3.8) is 0 Å². The van der Waals surface area contributed by atoms with E-state index in [1.165, 1.54) is 0 Å². The Morgan fingerprint density at radius 1 is 1.03 bits per heavy atom. The maximum atomic E-state index is 12.6. The molecular formula is C25H30O4. The van der Waals surface area contributed by atoms with Crippen molar-refractivity contribution in [2.75, 3.05) is 7.11 Å². The van der Waals surface area contributed by atoms with E-state index in [0.29, 0.717) is 22.8 Å². The van der Waals surface area contributed by atoms with Crippen LogP contribution in [0.25, 0.3) is 0 Å². The molecule has 4 heteroatoms. The minimum absolute atomic E-state index is 0.270. The molecule has 0 spiro atoms. The molecule has 1 heterocycles. The molecule has 2 aromatic rings. The summed E-state index contributed by atoms with van der Waals surface area (Å²) in [5.74, 6) is 0.418. The van der Waals surface area contributed by atoms with Gasteiger partial charge in [0.05, 0.1) is 7.11 Å². The summed E-state index contributed by atoms with van der Waals surface area (Å²) in [6.45, 7) is 16.4. The van der Waals surface area contributed by atoms with Gasteiger partial charge in [-0.1, -0.05) is 72.4 Å². The van der Waals surface area contributed by atoms with Gasteiger partial charge in [0, 0.05) is 17.1 Å². The topological polar surface area (TPSA) is 55.8 Å². The van der Waals surface area contributed by atoms with Crippen LogP contribution < -0.4 is 9.47 Å². The Morgan fingerprint density at radius 3 is 2.07 bits per heavy atom. The van der Waals surface area contributed by atoms with E-state index >= 15 is 0 Å². The average Bonchev–Trinajstić information content (AvgIpc) is 2.61. The molecule has 0 aliphatic carbocycles. The van der Waals surface area contributed by atoms with Crippen molar-refractivity contribution in [1.29, 1.82) is 0 Å². The molecule has 0 aromatic heterocycles. The second kappa shape index (κ2) is 6.94. The summed E-state index contributed by atoms with van der Waals surface area (Å²) in [5.41, 5.74) is 3.26. The van der Waals surface area contributed by atoms with Gasteiger partial charge in [-0.2, -0.15) is 0 Å². The number of para-hydroxylation sites is 1. The fraction of sp³-hybridized carbons (Fsp3) is 0.400. The van der Waals surface area contributed by atoms with Gasteiger partial charge in [0.15, 0.2) is 11.5 Å². The number of hydrogen-bond acceptors (Lipinski definition) is 4. The Hall–Kier alpha value is -2.75. The molecule has 1 atom stereocenters. The fourth-order valence-corrected chi connectivity index (χ4v) is 3.84.